The topological polar surface area (TPSA) is 89.3 Å². The standard InChI is InChI=1S/C33H48BrN3O4/c1-3-4-5-11-15-26-41-33(39)27(2)35-32(38)28-16-18-29(19-17-28)36-37-30-20-22-31(23-21-30)40-25-14-12-9-7-6-8-10-13-24-34/h16-23,27H,3-15,24-26H2,1-2H3,(H,35,38)/t27-/m0/s1. The van der Waals surface area contributed by atoms with E-state index in [9.17, 15) is 9.59 Å². The summed E-state index contributed by atoms with van der Waals surface area (Å²) in [6.45, 7) is 4.91. The van der Waals surface area contributed by atoms with E-state index in [1.54, 1.807) is 31.2 Å². The SMILES string of the molecule is CCCCCCCOC(=O)[C@H](C)NC(=O)c1ccc(N=Nc2ccc(OCCCCCCCCCCBr)cc2)cc1. The maximum absolute atomic E-state index is 12.5. The molecule has 2 rings (SSSR count). The van der Waals surface area contributed by atoms with Crippen molar-refractivity contribution in [3.05, 3.63) is 54.1 Å². The van der Waals surface area contributed by atoms with E-state index in [0.29, 0.717) is 17.9 Å². The Labute approximate surface area is 255 Å². The van der Waals surface area contributed by atoms with Gasteiger partial charge in [0.25, 0.3) is 5.91 Å². The highest BCUT2D eigenvalue weighted by atomic mass is 79.9. The van der Waals surface area contributed by atoms with Crippen molar-refractivity contribution in [3.8, 4) is 5.75 Å². The van der Waals surface area contributed by atoms with Crippen LogP contribution in [-0.2, 0) is 9.53 Å². The molecule has 1 atom stereocenters. The van der Waals surface area contributed by atoms with Crippen LogP contribution in [0.4, 0.5) is 11.4 Å². The number of carbonyl (C=O) groups excluding carboxylic acids is 2. The summed E-state index contributed by atoms with van der Waals surface area (Å²) in [5, 5.41) is 12.3. The van der Waals surface area contributed by atoms with Crippen molar-refractivity contribution in [2.45, 2.75) is 103 Å². The molecule has 8 heteroatoms. The van der Waals surface area contributed by atoms with Crippen LogP contribution in [0.5, 0.6) is 5.75 Å². The van der Waals surface area contributed by atoms with E-state index in [4.69, 9.17) is 9.47 Å². The third-order valence-corrected chi connectivity index (χ3v) is 7.30. The van der Waals surface area contributed by atoms with Gasteiger partial charge < -0.3 is 14.8 Å². The smallest absolute Gasteiger partial charge is 0.328 e. The minimum Gasteiger partial charge on any atom is -0.494 e. The van der Waals surface area contributed by atoms with Crippen molar-refractivity contribution < 1.29 is 19.1 Å². The van der Waals surface area contributed by atoms with Gasteiger partial charge in [-0.05, 0) is 74.7 Å². The summed E-state index contributed by atoms with van der Waals surface area (Å²) in [6, 6.07) is 13.6. The Morgan fingerprint density at radius 3 is 1.83 bits per heavy atom. The number of ether oxygens (including phenoxy) is 2. The van der Waals surface area contributed by atoms with Gasteiger partial charge in [-0.3, -0.25) is 4.79 Å². The summed E-state index contributed by atoms with van der Waals surface area (Å²) in [6.07, 6.45) is 15.6. The normalized spacial score (nSPS) is 11.9. The van der Waals surface area contributed by atoms with E-state index in [2.05, 4.69) is 38.4 Å². The molecule has 0 unspecified atom stereocenters. The molecule has 226 valence electrons. The molecule has 0 radical (unpaired) electrons. The van der Waals surface area contributed by atoms with E-state index >= 15 is 0 Å². The van der Waals surface area contributed by atoms with Crippen molar-refractivity contribution in [2.24, 2.45) is 10.2 Å². The summed E-state index contributed by atoms with van der Waals surface area (Å²) >= 11 is 3.48. The molecule has 0 aromatic heterocycles. The summed E-state index contributed by atoms with van der Waals surface area (Å²) < 4.78 is 11.1. The number of rotatable bonds is 22. The number of amides is 1. The number of unbranched alkanes of at least 4 members (excludes halogenated alkanes) is 11. The van der Waals surface area contributed by atoms with Crippen LogP contribution in [0.15, 0.2) is 58.8 Å². The fourth-order valence-corrected chi connectivity index (χ4v) is 4.59. The number of nitrogens with one attached hydrogen (secondary N) is 1. The van der Waals surface area contributed by atoms with Crippen molar-refractivity contribution in [2.75, 3.05) is 18.5 Å². The van der Waals surface area contributed by atoms with E-state index in [1.165, 1.54) is 57.8 Å². The van der Waals surface area contributed by atoms with E-state index < -0.39 is 12.0 Å². The lowest BCUT2D eigenvalue weighted by molar-refractivity contribution is -0.145. The number of carbonyl (C=O) groups is 2. The molecule has 41 heavy (non-hydrogen) atoms. The molecule has 0 saturated heterocycles. The summed E-state index contributed by atoms with van der Waals surface area (Å²) in [4.78, 5) is 24.7. The van der Waals surface area contributed by atoms with Crippen LogP contribution in [-0.4, -0.2) is 36.5 Å². The third-order valence-electron chi connectivity index (χ3n) is 6.74. The first-order valence-electron chi connectivity index (χ1n) is 15.3. The van der Waals surface area contributed by atoms with Gasteiger partial charge in [0.2, 0.25) is 0 Å². The maximum Gasteiger partial charge on any atom is 0.328 e. The second kappa shape index (κ2) is 21.9. The number of alkyl halides is 1. The molecule has 0 aliphatic carbocycles. The molecule has 2 aromatic carbocycles. The zero-order valence-corrected chi connectivity index (χ0v) is 26.5. The van der Waals surface area contributed by atoms with Crippen molar-refractivity contribution >= 4 is 39.2 Å². The molecule has 0 saturated carbocycles. The summed E-state index contributed by atoms with van der Waals surface area (Å²) in [5.74, 6) is 0.0782. The van der Waals surface area contributed by atoms with Gasteiger partial charge in [-0.15, -0.1) is 0 Å². The van der Waals surface area contributed by atoms with Crippen LogP contribution in [0.25, 0.3) is 0 Å². The molecule has 0 fully saturated rings. The first-order chi connectivity index (χ1) is 20.0. The molecule has 0 bridgehead atoms. The van der Waals surface area contributed by atoms with E-state index in [-0.39, 0.29) is 5.91 Å². The lowest BCUT2D eigenvalue weighted by atomic mass is 10.1. The quantitative estimate of drug-likeness (QED) is 0.0607. The molecular weight excluding hydrogens is 582 g/mol. The van der Waals surface area contributed by atoms with Crippen molar-refractivity contribution in [3.63, 3.8) is 0 Å². The Kier molecular flexibility index (Phi) is 18.4. The van der Waals surface area contributed by atoms with E-state index in [0.717, 1.165) is 49.1 Å². The molecule has 0 heterocycles. The molecule has 0 aliphatic rings. The Hall–Kier alpha value is -2.74. The van der Waals surface area contributed by atoms with Crippen molar-refractivity contribution in [1.82, 2.24) is 5.32 Å². The van der Waals surface area contributed by atoms with Crippen LogP contribution in [0.1, 0.15) is 108 Å². The average Bonchev–Trinajstić information content (AvgIpc) is 2.99. The van der Waals surface area contributed by atoms with E-state index in [1.807, 2.05) is 24.3 Å². The zero-order chi connectivity index (χ0) is 29.5. The Balaban J connectivity index is 1.66. The number of benzene rings is 2. The van der Waals surface area contributed by atoms with Crippen molar-refractivity contribution in [1.29, 1.82) is 0 Å². The first kappa shape index (κ1) is 34.5. The zero-order valence-electron chi connectivity index (χ0n) is 24.9. The molecule has 2 aromatic rings. The monoisotopic (exact) mass is 629 g/mol. The van der Waals surface area contributed by atoms with Gasteiger partial charge in [-0.25, -0.2) is 4.79 Å². The largest absolute Gasteiger partial charge is 0.494 e. The highest BCUT2D eigenvalue weighted by molar-refractivity contribution is 9.09. The number of azo groups is 1. The van der Waals surface area contributed by atoms with Crippen LogP contribution < -0.4 is 10.1 Å². The van der Waals surface area contributed by atoms with Gasteiger partial charge >= 0.3 is 5.97 Å². The Morgan fingerprint density at radius 1 is 0.732 bits per heavy atom. The average molecular weight is 631 g/mol. The minimum absolute atomic E-state index is 0.336. The predicted octanol–water partition coefficient (Wildman–Crippen LogP) is 9.63. The van der Waals surface area contributed by atoms with Gasteiger partial charge in [-0.2, -0.15) is 10.2 Å². The fraction of sp³-hybridized carbons (Fsp3) is 0.576. The van der Waals surface area contributed by atoms with Crippen LogP contribution >= 0.6 is 15.9 Å². The molecular formula is C33H48BrN3O4. The third kappa shape index (κ3) is 15.7. The van der Waals surface area contributed by atoms with Crippen LogP contribution in [0, 0.1) is 0 Å². The predicted molar refractivity (Wildman–Crippen MR) is 170 cm³/mol. The number of esters is 1. The number of halogens is 1. The highest BCUT2D eigenvalue weighted by Gasteiger charge is 2.17. The number of hydrogen-bond donors (Lipinski definition) is 1. The molecule has 7 nitrogen and oxygen atoms in total. The van der Waals surface area contributed by atoms with Crippen LogP contribution in [0.2, 0.25) is 0 Å². The Bertz CT molecular complexity index is 1010. The Morgan fingerprint density at radius 2 is 1.24 bits per heavy atom. The van der Waals surface area contributed by atoms with Gasteiger partial charge in [0.05, 0.1) is 24.6 Å². The summed E-state index contributed by atoms with van der Waals surface area (Å²) in [5.41, 5.74) is 1.78. The minimum atomic E-state index is -0.715. The summed E-state index contributed by atoms with van der Waals surface area (Å²) in [7, 11) is 0. The lowest BCUT2D eigenvalue weighted by Crippen LogP contribution is -2.39. The molecule has 1 amide bonds. The van der Waals surface area contributed by atoms with Gasteiger partial charge in [0.1, 0.15) is 11.8 Å². The second-order valence-electron chi connectivity index (χ2n) is 10.4. The molecule has 0 spiro atoms. The first-order valence-corrected chi connectivity index (χ1v) is 16.4. The lowest BCUT2D eigenvalue weighted by Gasteiger charge is -2.13. The number of nitrogens with zero attached hydrogens (tertiary/aromatic N) is 2. The molecule has 1 N–H and O–H groups in total. The van der Waals surface area contributed by atoms with Gasteiger partial charge in [0.15, 0.2) is 0 Å². The maximum atomic E-state index is 12.5. The van der Waals surface area contributed by atoms with Gasteiger partial charge in [0, 0.05) is 10.9 Å². The van der Waals surface area contributed by atoms with Crippen LogP contribution in [0.3, 0.4) is 0 Å². The fourth-order valence-electron chi connectivity index (χ4n) is 4.19. The number of hydrogen-bond acceptors (Lipinski definition) is 6. The van der Waals surface area contributed by atoms with Gasteiger partial charge in [-0.1, -0.05) is 87.1 Å². The second-order valence-corrected chi connectivity index (χ2v) is 11.2. The molecule has 0 aliphatic heterocycles. The highest BCUT2D eigenvalue weighted by Crippen LogP contribution is 2.22.